The van der Waals surface area contributed by atoms with Crippen molar-refractivity contribution in [2.75, 3.05) is 5.73 Å². The molecule has 0 aromatic heterocycles. The monoisotopic (exact) mass is 307 g/mol. The minimum atomic E-state index is -0.489. The van der Waals surface area contributed by atoms with E-state index >= 15 is 0 Å². The average molecular weight is 308 g/mol. The summed E-state index contributed by atoms with van der Waals surface area (Å²) >= 11 is 5.97. The van der Waals surface area contributed by atoms with Crippen LogP contribution in [0.5, 0.6) is 0 Å². The number of carbonyl (C=O) groups excluding carboxylic acids is 1. The molecule has 2 N–H and O–H groups in total. The topological polar surface area (TPSA) is 52.3 Å². The number of halogens is 1. The smallest absolute Gasteiger partial charge is 0.331 e. The van der Waals surface area contributed by atoms with Crippen LogP contribution in [0.2, 0.25) is 5.02 Å². The van der Waals surface area contributed by atoms with E-state index in [0.717, 1.165) is 24.0 Å². The first-order chi connectivity index (χ1) is 9.76. The van der Waals surface area contributed by atoms with Crippen LogP contribution in [0, 0.1) is 5.92 Å². The molecule has 0 spiro atoms. The maximum atomic E-state index is 12.1. The Kier molecular flexibility index (Phi) is 4.62. The second-order valence-electron chi connectivity index (χ2n) is 6.50. The molecule has 3 nitrogen and oxygen atoms in total. The summed E-state index contributed by atoms with van der Waals surface area (Å²) < 4.78 is 5.39. The molecule has 0 radical (unpaired) electrons. The quantitative estimate of drug-likeness (QED) is 0.510. The number of ether oxygens (including phenoxy) is 1. The maximum Gasteiger partial charge on any atom is 0.331 e. The number of esters is 1. The number of hydrogen-bond donors (Lipinski definition) is 1. The van der Waals surface area contributed by atoms with Gasteiger partial charge in [0.2, 0.25) is 0 Å². The molecular formula is C17H22ClNO2. The Bertz CT molecular complexity index is 569. The van der Waals surface area contributed by atoms with Gasteiger partial charge in [0.25, 0.3) is 0 Å². The highest BCUT2D eigenvalue weighted by Gasteiger charge is 2.25. The van der Waals surface area contributed by atoms with Crippen LogP contribution in [0.25, 0.3) is 5.57 Å². The molecule has 0 amide bonds. The summed E-state index contributed by atoms with van der Waals surface area (Å²) in [4.78, 5) is 12.1. The Labute approximate surface area is 131 Å². The van der Waals surface area contributed by atoms with Gasteiger partial charge in [0, 0.05) is 6.08 Å². The van der Waals surface area contributed by atoms with Crippen molar-refractivity contribution in [1.29, 1.82) is 0 Å². The molecule has 1 fully saturated rings. The number of nitrogens with two attached hydrogens (primary N) is 1. The van der Waals surface area contributed by atoms with Gasteiger partial charge in [0.15, 0.2) is 0 Å². The molecular weight excluding hydrogens is 286 g/mol. The lowest BCUT2D eigenvalue weighted by Crippen LogP contribution is -2.23. The standard InChI is InChI=1S/C17H22ClNO2/c1-17(2,3)21-16(20)10-13(11-5-4-6-11)12-7-8-14(18)15(19)9-12/h7-11H,4-6,19H2,1-3H3. The molecule has 21 heavy (non-hydrogen) atoms. The number of anilines is 1. The van der Waals surface area contributed by atoms with Crippen LogP contribution in [0.15, 0.2) is 24.3 Å². The third kappa shape index (κ3) is 4.24. The van der Waals surface area contributed by atoms with E-state index < -0.39 is 5.60 Å². The molecule has 0 bridgehead atoms. The predicted octanol–water partition coefficient (Wildman–Crippen LogP) is 4.45. The fourth-order valence-corrected chi connectivity index (χ4v) is 2.46. The lowest BCUT2D eigenvalue weighted by molar-refractivity contribution is -0.148. The summed E-state index contributed by atoms with van der Waals surface area (Å²) in [7, 11) is 0. The molecule has 4 heteroatoms. The summed E-state index contributed by atoms with van der Waals surface area (Å²) in [6.07, 6.45) is 4.99. The Morgan fingerprint density at radius 1 is 1.38 bits per heavy atom. The SMILES string of the molecule is CC(C)(C)OC(=O)C=C(c1ccc(Cl)c(N)c1)C1CCC1. The number of hydrogen-bond acceptors (Lipinski definition) is 3. The van der Waals surface area contributed by atoms with Gasteiger partial charge in [0.1, 0.15) is 5.60 Å². The summed E-state index contributed by atoms with van der Waals surface area (Å²) in [5, 5.41) is 0.531. The van der Waals surface area contributed by atoms with E-state index in [1.54, 1.807) is 12.1 Å². The largest absolute Gasteiger partial charge is 0.457 e. The fraction of sp³-hybridized carbons (Fsp3) is 0.471. The Morgan fingerprint density at radius 3 is 2.52 bits per heavy atom. The van der Waals surface area contributed by atoms with Crippen LogP contribution in [0.3, 0.4) is 0 Å². The van der Waals surface area contributed by atoms with Gasteiger partial charge in [-0.25, -0.2) is 4.79 Å². The van der Waals surface area contributed by atoms with Gasteiger partial charge in [0.05, 0.1) is 10.7 Å². The van der Waals surface area contributed by atoms with E-state index in [1.165, 1.54) is 6.42 Å². The van der Waals surface area contributed by atoms with Crippen LogP contribution < -0.4 is 5.73 Å². The molecule has 1 saturated carbocycles. The molecule has 1 aliphatic rings. The highest BCUT2D eigenvalue weighted by Crippen LogP contribution is 2.39. The van der Waals surface area contributed by atoms with Crippen LogP contribution in [0.4, 0.5) is 5.69 Å². The van der Waals surface area contributed by atoms with Crippen molar-refractivity contribution < 1.29 is 9.53 Å². The van der Waals surface area contributed by atoms with Crippen molar-refractivity contribution in [2.24, 2.45) is 5.92 Å². The van der Waals surface area contributed by atoms with E-state index in [1.807, 2.05) is 32.9 Å². The lowest BCUT2D eigenvalue weighted by Gasteiger charge is -2.29. The number of rotatable bonds is 3. The van der Waals surface area contributed by atoms with E-state index in [0.29, 0.717) is 16.6 Å². The van der Waals surface area contributed by atoms with Crippen LogP contribution >= 0.6 is 11.6 Å². The van der Waals surface area contributed by atoms with Gasteiger partial charge < -0.3 is 10.5 Å². The van der Waals surface area contributed by atoms with Crippen molar-refractivity contribution >= 4 is 28.8 Å². The summed E-state index contributed by atoms with van der Waals surface area (Å²) in [6.45, 7) is 5.59. The van der Waals surface area contributed by atoms with Gasteiger partial charge >= 0.3 is 5.97 Å². The van der Waals surface area contributed by atoms with Gasteiger partial charge in [-0.1, -0.05) is 24.1 Å². The summed E-state index contributed by atoms with van der Waals surface area (Å²) in [6, 6.07) is 5.51. The molecule has 0 saturated heterocycles. The lowest BCUT2D eigenvalue weighted by atomic mass is 9.77. The zero-order chi connectivity index (χ0) is 15.6. The molecule has 1 aliphatic carbocycles. The predicted molar refractivity (Wildman–Crippen MR) is 87.0 cm³/mol. The molecule has 1 aromatic carbocycles. The van der Waals surface area contributed by atoms with Crippen molar-refractivity contribution in [1.82, 2.24) is 0 Å². The molecule has 1 aromatic rings. The molecule has 0 unspecified atom stereocenters. The fourth-order valence-electron chi connectivity index (χ4n) is 2.34. The molecule has 0 atom stereocenters. The minimum absolute atomic E-state index is 0.307. The second-order valence-corrected chi connectivity index (χ2v) is 6.90. The summed E-state index contributed by atoms with van der Waals surface area (Å²) in [5.41, 5.74) is 7.87. The van der Waals surface area contributed by atoms with Gasteiger partial charge in [-0.2, -0.15) is 0 Å². The first-order valence-corrected chi connectivity index (χ1v) is 7.64. The zero-order valence-electron chi connectivity index (χ0n) is 12.8. The second kappa shape index (κ2) is 6.10. The van der Waals surface area contributed by atoms with Crippen molar-refractivity contribution in [3.63, 3.8) is 0 Å². The Morgan fingerprint density at radius 2 is 2.05 bits per heavy atom. The normalized spacial score (nSPS) is 16.5. The third-order valence-electron chi connectivity index (χ3n) is 3.55. The Hall–Kier alpha value is -1.48. The van der Waals surface area contributed by atoms with Crippen molar-refractivity contribution in [2.45, 2.75) is 45.6 Å². The molecule has 114 valence electrons. The maximum absolute atomic E-state index is 12.1. The highest BCUT2D eigenvalue weighted by molar-refractivity contribution is 6.33. The molecule has 0 aliphatic heterocycles. The van der Waals surface area contributed by atoms with Crippen molar-refractivity contribution in [3.8, 4) is 0 Å². The van der Waals surface area contributed by atoms with Crippen LogP contribution in [-0.2, 0) is 9.53 Å². The van der Waals surface area contributed by atoms with Crippen LogP contribution in [-0.4, -0.2) is 11.6 Å². The van der Waals surface area contributed by atoms with E-state index in [9.17, 15) is 4.79 Å². The number of allylic oxidation sites excluding steroid dienone is 1. The molecule has 2 rings (SSSR count). The van der Waals surface area contributed by atoms with Gasteiger partial charge in [-0.15, -0.1) is 0 Å². The highest BCUT2D eigenvalue weighted by atomic mass is 35.5. The van der Waals surface area contributed by atoms with Crippen LogP contribution in [0.1, 0.15) is 45.6 Å². The van der Waals surface area contributed by atoms with E-state index in [4.69, 9.17) is 22.1 Å². The zero-order valence-corrected chi connectivity index (χ0v) is 13.5. The molecule has 0 heterocycles. The number of benzene rings is 1. The number of nitrogen functional groups attached to an aromatic ring is 1. The van der Waals surface area contributed by atoms with E-state index in [-0.39, 0.29) is 5.97 Å². The van der Waals surface area contributed by atoms with Gasteiger partial charge in [-0.05, 0) is 62.8 Å². The average Bonchev–Trinajstić information content (AvgIpc) is 2.27. The minimum Gasteiger partial charge on any atom is -0.457 e. The third-order valence-corrected chi connectivity index (χ3v) is 3.90. The van der Waals surface area contributed by atoms with E-state index in [2.05, 4.69) is 0 Å². The van der Waals surface area contributed by atoms with Gasteiger partial charge in [-0.3, -0.25) is 0 Å². The Balaban J connectivity index is 2.29. The first kappa shape index (κ1) is 15.9. The summed E-state index contributed by atoms with van der Waals surface area (Å²) in [5.74, 6) is 0.0935. The van der Waals surface area contributed by atoms with Crippen molar-refractivity contribution in [3.05, 3.63) is 34.9 Å². The first-order valence-electron chi connectivity index (χ1n) is 7.26. The number of carbonyl (C=O) groups is 1.